The van der Waals surface area contributed by atoms with E-state index in [0.29, 0.717) is 25.7 Å². The van der Waals surface area contributed by atoms with Gasteiger partial charge in [0.2, 0.25) is 0 Å². The van der Waals surface area contributed by atoms with Crippen molar-refractivity contribution >= 4 is 39.5 Å². The second-order valence-corrected chi connectivity index (χ2v) is 28.1. The molecule has 0 aliphatic carbocycles. The lowest BCUT2D eigenvalue weighted by molar-refractivity contribution is -0.161. The average molecular weight is 1240 g/mol. The molecule has 0 saturated heterocycles. The van der Waals surface area contributed by atoms with Gasteiger partial charge < -0.3 is 33.8 Å². The highest BCUT2D eigenvalue weighted by atomic mass is 31.2. The van der Waals surface area contributed by atoms with Crippen molar-refractivity contribution in [2.75, 3.05) is 39.6 Å². The van der Waals surface area contributed by atoms with E-state index < -0.39 is 97.5 Å². The molecule has 19 heteroatoms. The normalized spacial score (nSPS) is 14.7. The van der Waals surface area contributed by atoms with E-state index in [9.17, 15) is 43.2 Å². The number of rotatable bonds is 62. The average Bonchev–Trinajstić information content (AvgIpc) is 3.56. The minimum atomic E-state index is -4.95. The SMILES string of the molecule is CCC(C)CCCCCCCCC(=O)OC[C@H](COP(=O)(O)OC[C@H](O)COP(=O)(O)OC[C@@H](COC(=O)CCCCCCCCCCC(C)C)OC(=O)CCCCCCCCCCCC(C)C)OC(=O)CCCCCCCCCCC(C)C. The minimum absolute atomic E-state index is 0.103. The summed E-state index contributed by atoms with van der Waals surface area (Å²) >= 11 is 0. The van der Waals surface area contributed by atoms with Gasteiger partial charge in [-0.15, -0.1) is 0 Å². The van der Waals surface area contributed by atoms with E-state index in [0.717, 1.165) is 120 Å². The molecule has 3 unspecified atom stereocenters. The topological polar surface area (TPSA) is 237 Å². The van der Waals surface area contributed by atoms with Crippen molar-refractivity contribution in [2.45, 2.75) is 331 Å². The molecule has 6 atom stereocenters. The predicted octanol–water partition coefficient (Wildman–Crippen LogP) is 17.8. The fourth-order valence-corrected chi connectivity index (χ4v) is 11.2. The van der Waals surface area contributed by atoms with Crippen molar-refractivity contribution in [1.29, 1.82) is 0 Å². The summed E-state index contributed by atoms with van der Waals surface area (Å²) in [5.74, 6) is 0.772. The number of phosphoric ester groups is 2. The first kappa shape index (κ1) is 82.1. The van der Waals surface area contributed by atoms with Crippen molar-refractivity contribution < 1.29 is 80.2 Å². The maximum absolute atomic E-state index is 13.0. The molecule has 0 bridgehead atoms. The van der Waals surface area contributed by atoms with Gasteiger partial charge >= 0.3 is 39.5 Å². The predicted molar refractivity (Wildman–Crippen MR) is 335 cm³/mol. The second-order valence-electron chi connectivity index (χ2n) is 25.2. The van der Waals surface area contributed by atoms with Gasteiger partial charge in [0.05, 0.1) is 26.4 Å². The van der Waals surface area contributed by atoms with Crippen molar-refractivity contribution in [3.05, 3.63) is 0 Å². The van der Waals surface area contributed by atoms with Gasteiger partial charge in [-0.3, -0.25) is 37.3 Å². The van der Waals surface area contributed by atoms with E-state index in [4.69, 9.17) is 37.0 Å². The fraction of sp³-hybridized carbons (Fsp3) is 0.938. The van der Waals surface area contributed by atoms with Crippen LogP contribution in [0.25, 0.3) is 0 Å². The minimum Gasteiger partial charge on any atom is -0.462 e. The molecule has 0 aliphatic heterocycles. The lowest BCUT2D eigenvalue weighted by Crippen LogP contribution is -2.30. The Labute approximate surface area is 511 Å². The Bertz CT molecular complexity index is 1680. The number of hydrogen-bond donors (Lipinski definition) is 3. The lowest BCUT2D eigenvalue weighted by atomic mass is 10.00. The van der Waals surface area contributed by atoms with Gasteiger partial charge in [0.25, 0.3) is 0 Å². The molecule has 0 amide bonds. The molecular formula is C65H126O17P2. The van der Waals surface area contributed by atoms with Gasteiger partial charge in [-0.25, -0.2) is 9.13 Å². The van der Waals surface area contributed by atoms with Crippen LogP contribution in [0, 0.1) is 23.7 Å². The van der Waals surface area contributed by atoms with Crippen LogP contribution in [0.1, 0.15) is 312 Å². The van der Waals surface area contributed by atoms with Crippen molar-refractivity contribution in [3.8, 4) is 0 Å². The first-order valence-electron chi connectivity index (χ1n) is 33.7. The summed E-state index contributed by atoms with van der Waals surface area (Å²) in [4.78, 5) is 72.3. The number of ether oxygens (including phenoxy) is 4. The van der Waals surface area contributed by atoms with Gasteiger partial charge in [-0.05, 0) is 49.4 Å². The van der Waals surface area contributed by atoms with Crippen LogP contribution >= 0.6 is 15.6 Å². The highest BCUT2D eigenvalue weighted by Crippen LogP contribution is 2.45. The van der Waals surface area contributed by atoms with Crippen molar-refractivity contribution in [1.82, 2.24) is 0 Å². The summed E-state index contributed by atoms with van der Waals surface area (Å²) in [6, 6.07) is 0. The van der Waals surface area contributed by atoms with Crippen LogP contribution in [-0.2, 0) is 65.4 Å². The zero-order valence-corrected chi connectivity index (χ0v) is 56.3. The second kappa shape index (κ2) is 55.2. The molecule has 17 nitrogen and oxygen atoms in total. The molecule has 3 N–H and O–H groups in total. The Morgan fingerprint density at radius 3 is 0.845 bits per heavy atom. The number of carbonyl (C=O) groups is 4. The summed E-state index contributed by atoms with van der Waals surface area (Å²) < 4.78 is 68.0. The third-order valence-corrected chi connectivity index (χ3v) is 17.1. The van der Waals surface area contributed by atoms with E-state index in [1.807, 2.05) is 0 Å². The molecule has 84 heavy (non-hydrogen) atoms. The van der Waals surface area contributed by atoms with Gasteiger partial charge in [-0.2, -0.15) is 0 Å². The van der Waals surface area contributed by atoms with Crippen LogP contribution in [-0.4, -0.2) is 96.7 Å². The summed E-state index contributed by atoms with van der Waals surface area (Å²) in [5, 5.41) is 10.5. The molecule has 0 fully saturated rings. The smallest absolute Gasteiger partial charge is 0.462 e. The zero-order chi connectivity index (χ0) is 62.5. The van der Waals surface area contributed by atoms with Gasteiger partial charge in [0.15, 0.2) is 12.2 Å². The van der Waals surface area contributed by atoms with Crippen LogP contribution < -0.4 is 0 Å². The maximum atomic E-state index is 13.0. The molecule has 0 radical (unpaired) electrons. The summed E-state index contributed by atoms with van der Waals surface area (Å²) in [7, 11) is -9.89. The van der Waals surface area contributed by atoms with Crippen molar-refractivity contribution in [2.24, 2.45) is 23.7 Å². The third kappa shape index (κ3) is 57.8. The van der Waals surface area contributed by atoms with E-state index in [-0.39, 0.29) is 25.7 Å². The fourth-order valence-electron chi connectivity index (χ4n) is 9.57. The summed E-state index contributed by atoms with van der Waals surface area (Å²) in [6.45, 7) is 14.0. The number of carbonyl (C=O) groups excluding carboxylic acids is 4. The van der Waals surface area contributed by atoms with E-state index in [2.05, 4.69) is 55.4 Å². The molecule has 0 saturated carbocycles. The van der Waals surface area contributed by atoms with Crippen LogP contribution in [0.4, 0.5) is 0 Å². The van der Waals surface area contributed by atoms with E-state index in [1.165, 1.54) is 109 Å². The zero-order valence-electron chi connectivity index (χ0n) is 54.5. The van der Waals surface area contributed by atoms with Crippen LogP contribution in [0.2, 0.25) is 0 Å². The monoisotopic (exact) mass is 1240 g/mol. The molecule has 0 aromatic rings. The Morgan fingerprint density at radius 2 is 0.571 bits per heavy atom. The largest absolute Gasteiger partial charge is 0.472 e. The molecule has 0 rings (SSSR count). The standard InChI is InChI=1S/C65H126O17P2/c1-9-58(8)44-36-28-23-24-30-38-46-63(68)76-52-61(82-65(70)48-40-32-22-16-14-19-27-35-43-57(6)7)54-80-84(73,74)78-50-59(66)49-77-83(71,72)79-53-60(51-75-62(67)45-37-29-20-15-13-18-26-34-42-56(4)5)81-64(69)47-39-31-21-12-10-11-17-25-33-41-55(2)3/h55-61,66H,9-54H2,1-8H3,(H,71,72)(H,73,74)/t58?,59-,60-,61-/m1/s1. The quantitative estimate of drug-likeness (QED) is 0.0222. The molecule has 0 aliphatic rings. The first-order valence-corrected chi connectivity index (χ1v) is 36.7. The highest BCUT2D eigenvalue weighted by molar-refractivity contribution is 7.47. The lowest BCUT2D eigenvalue weighted by Gasteiger charge is -2.21. The number of esters is 4. The first-order chi connectivity index (χ1) is 40.1. The van der Waals surface area contributed by atoms with Crippen LogP contribution in [0.3, 0.4) is 0 Å². The Hall–Kier alpha value is -1.94. The molecule has 0 aromatic carbocycles. The van der Waals surface area contributed by atoms with Crippen LogP contribution in [0.5, 0.6) is 0 Å². The number of aliphatic hydroxyl groups excluding tert-OH is 1. The Morgan fingerprint density at radius 1 is 0.333 bits per heavy atom. The number of phosphoric acid groups is 2. The molecule has 498 valence electrons. The van der Waals surface area contributed by atoms with Crippen LogP contribution in [0.15, 0.2) is 0 Å². The summed E-state index contributed by atoms with van der Waals surface area (Å²) in [5.41, 5.74) is 0. The number of unbranched alkanes of at least 4 members (excludes halogenated alkanes) is 27. The third-order valence-electron chi connectivity index (χ3n) is 15.2. The molecule has 0 aromatic heterocycles. The molecular weight excluding hydrogens is 1110 g/mol. The Kier molecular flexibility index (Phi) is 53.9. The van der Waals surface area contributed by atoms with Gasteiger partial charge in [0, 0.05) is 25.7 Å². The molecule has 0 spiro atoms. The summed E-state index contributed by atoms with van der Waals surface area (Å²) in [6.07, 6.45) is 34.9. The molecule has 0 heterocycles. The Balaban J connectivity index is 5.27. The highest BCUT2D eigenvalue weighted by Gasteiger charge is 2.30. The number of hydrogen-bond acceptors (Lipinski definition) is 15. The number of aliphatic hydroxyl groups is 1. The van der Waals surface area contributed by atoms with Crippen molar-refractivity contribution in [3.63, 3.8) is 0 Å². The van der Waals surface area contributed by atoms with E-state index >= 15 is 0 Å². The van der Waals surface area contributed by atoms with E-state index in [1.54, 1.807) is 0 Å². The maximum Gasteiger partial charge on any atom is 0.472 e. The van der Waals surface area contributed by atoms with Gasteiger partial charge in [-0.1, -0.05) is 261 Å². The van der Waals surface area contributed by atoms with Gasteiger partial charge in [0.1, 0.15) is 19.3 Å².